The number of hydrogen-bond donors (Lipinski definition) is 1. The smallest absolute Gasteiger partial charge is 0.268 e. The summed E-state index contributed by atoms with van der Waals surface area (Å²) in [5.74, 6) is 0.873. The molecule has 1 aromatic carbocycles. The fraction of sp³-hybridized carbons (Fsp3) is 0.267. The number of anilines is 2. The van der Waals surface area contributed by atoms with Crippen LogP contribution in [0, 0.1) is 6.92 Å². The van der Waals surface area contributed by atoms with Crippen molar-refractivity contribution in [2.75, 3.05) is 17.3 Å². The number of nitrogens with one attached hydrogen (secondary N) is 1. The Labute approximate surface area is 126 Å². The Kier molecular flexibility index (Phi) is 3.54. The van der Waals surface area contributed by atoms with Gasteiger partial charge >= 0.3 is 0 Å². The molecular formula is C15H15N3O4. The molecule has 2 amide bonds. The Balaban J connectivity index is 1.70. The molecule has 114 valence electrons. The second-order valence-electron chi connectivity index (χ2n) is 5.05. The van der Waals surface area contributed by atoms with Crippen molar-refractivity contribution in [3.8, 4) is 5.75 Å². The van der Waals surface area contributed by atoms with Gasteiger partial charge in [-0.05, 0) is 19.1 Å². The van der Waals surface area contributed by atoms with Gasteiger partial charge in [0.1, 0.15) is 11.5 Å². The topological polar surface area (TPSA) is 84.7 Å². The van der Waals surface area contributed by atoms with Crippen LogP contribution in [0.2, 0.25) is 0 Å². The van der Waals surface area contributed by atoms with Crippen LogP contribution in [0.5, 0.6) is 5.75 Å². The number of fused-ring (bicyclic) bond motifs is 1. The number of hydrogen-bond acceptors (Lipinski definition) is 5. The van der Waals surface area contributed by atoms with Crippen LogP contribution in [0.15, 0.2) is 34.9 Å². The molecule has 0 radical (unpaired) electrons. The minimum Gasteiger partial charge on any atom is -0.478 e. The Morgan fingerprint density at radius 3 is 2.91 bits per heavy atom. The largest absolute Gasteiger partial charge is 0.478 e. The first-order valence-corrected chi connectivity index (χ1v) is 6.81. The van der Waals surface area contributed by atoms with Gasteiger partial charge in [0.25, 0.3) is 5.91 Å². The van der Waals surface area contributed by atoms with Gasteiger partial charge in [0.15, 0.2) is 11.9 Å². The lowest BCUT2D eigenvalue weighted by Crippen LogP contribution is -2.45. The van der Waals surface area contributed by atoms with Crippen LogP contribution < -0.4 is 15.0 Å². The van der Waals surface area contributed by atoms with Gasteiger partial charge in [-0.1, -0.05) is 17.3 Å². The number of aromatic nitrogens is 1. The van der Waals surface area contributed by atoms with Crippen molar-refractivity contribution >= 4 is 23.3 Å². The van der Waals surface area contributed by atoms with Crippen molar-refractivity contribution < 1.29 is 18.8 Å². The van der Waals surface area contributed by atoms with Gasteiger partial charge < -0.3 is 19.5 Å². The van der Waals surface area contributed by atoms with Crippen molar-refractivity contribution in [2.45, 2.75) is 19.4 Å². The molecule has 0 spiro atoms. The molecule has 1 atom stereocenters. The third kappa shape index (κ3) is 2.65. The van der Waals surface area contributed by atoms with Gasteiger partial charge in [-0.25, -0.2) is 0 Å². The number of aryl methyl sites for hydroxylation is 1. The summed E-state index contributed by atoms with van der Waals surface area (Å²) < 4.78 is 10.5. The fourth-order valence-corrected chi connectivity index (χ4v) is 2.29. The molecule has 1 aliphatic heterocycles. The molecule has 7 nitrogen and oxygen atoms in total. The van der Waals surface area contributed by atoms with Gasteiger partial charge in [0.05, 0.1) is 12.1 Å². The number of likely N-dealkylation sites (N-methyl/N-ethyl adjacent to an activating group) is 1. The third-order valence-electron chi connectivity index (χ3n) is 3.37. The number of nitrogens with zero attached hydrogens (tertiary/aromatic N) is 2. The van der Waals surface area contributed by atoms with Gasteiger partial charge in [-0.2, -0.15) is 0 Å². The van der Waals surface area contributed by atoms with E-state index in [1.165, 1.54) is 4.90 Å². The van der Waals surface area contributed by atoms with Crippen molar-refractivity contribution in [2.24, 2.45) is 0 Å². The zero-order chi connectivity index (χ0) is 15.7. The van der Waals surface area contributed by atoms with E-state index < -0.39 is 6.10 Å². The number of carbonyl (C=O) groups is 2. The van der Waals surface area contributed by atoms with E-state index >= 15 is 0 Å². The summed E-state index contributed by atoms with van der Waals surface area (Å²) in [6, 6.07) is 8.80. The third-order valence-corrected chi connectivity index (χ3v) is 3.37. The van der Waals surface area contributed by atoms with E-state index in [9.17, 15) is 9.59 Å². The Morgan fingerprint density at radius 1 is 1.41 bits per heavy atom. The number of benzene rings is 1. The molecule has 22 heavy (non-hydrogen) atoms. The molecule has 1 aromatic heterocycles. The molecule has 0 fully saturated rings. The lowest BCUT2D eigenvalue weighted by Gasteiger charge is -2.31. The van der Waals surface area contributed by atoms with E-state index in [-0.39, 0.29) is 18.2 Å². The summed E-state index contributed by atoms with van der Waals surface area (Å²) in [5.41, 5.74) is 0.691. The van der Waals surface area contributed by atoms with Gasteiger partial charge in [-0.3, -0.25) is 9.59 Å². The molecule has 1 aliphatic rings. The molecule has 2 aromatic rings. The minimum absolute atomic E-state index is 0.0938. The summed E-state index contributed by atoms with van der Waals surface area (Å²) in [7, 11) is 1.66. The normalized spacial score (nSPS) is 16.9. The van der Waals surface area contributed by atoms with Crippen molar-refractivity contribution in [1.29, 1.82) is 0 Å². The first-order chi connectivity index (χ1) is 10.5. The molecule has 1 N–H and O–H groups in total. The predicted molar refractivity (Wildman–Crippen MR) is 78.8 cm³/mol. The predicted octanol–water partition coefficient (Wildman–Crippen LogP) is 1.74. The molecular weight excluding hydrogens is 286 g/mol. The van der Waals surface area contributed by atoms with Gasteiger partial charge in [0.2, 0.25) is 5.91 Å². The van der Waals surface area contributed by atoms with Crippen LogP contribution in [-0.2, 0) is 9.59 Å². The highest BCUT2D eigenvalue weighted by Crippen LogP contribution is 2.33. The SMILES string of the molecule is Cc1cc(NC(=O)CC2Oc3ccccc3N(C)C2=O)no1. The maximum Gasteiger partial charge on any atom is 0.268 e. The van der Waals surface area contributed by atoms with Crippen LogP contribution in [-0.4, -0.2) is 30.1 Å². The fourth-order valence-electron chi connectivity index (χ4n) is 2.29. The summed E-state index contributed by atoms with van der Waals surface area (Å²) in [6.45, 7) is 1.72. The summed E-state index contributed by atoms with van der Waals surface area (Å²) >= 11 is 0. The molecule has 0 bridgehead atoms. The molecule has 1 unspecified atom stereocenters. The molecule has 0 saturated carbocycles. The average molecular weight is 301 g/mol. The van der Waals surface area contributed by atoms with Crippen molar-refractivity contribution in [3.63, 3.8) is 0 Å². The first kappa shape index (κ1) is 14.1. The van der Waals surface area contributed by atoms with Crippen molar-refractivity contribution in [1.82, 2.24) is 5.16 Å². The standard InChI is InChI=1S/C15H15N3O4/c1-9-7-13(17-22-9)16-14(19)8-12-15(20)18(2)10-5-3-4-6-11(10)21-12/h3-7,12H,8H2,1-2H3,(H,16,17,19). The molecule has 7 heteroatoms. The summed E-state index contributed by atoms with van der Waals surface area (Å²) in [6.07, 6.45) is -0.948. The van der Waals surface area contributed by atoms with E-state index in [0.29, 0.717) is 23.0 Å². The highest BCUT2D eigenvalue weighted by atomic mass is 16.5. The molecule has 3 rings (SSSR count). The number of rotatable bonds is 3. The quantitative estimate of drug-likeness (QED) is 0.933. The average Bonchev–Trinajstić information content (AvgIpc) is 2.89. The molecule has 0 aliphatic carbocycles. The number of ether oxygens (including phenoxy) is 1. The first-order valence-electron chi connectivity index (χ1n) is 6.81. The van der Waals surface area contributed by atoms with Crippen LogP contribution >= 0.6 is 0 Å². The Morgan fingerprint density at radius 2 is 2.18 bits per heavy atom. The van der Waals surface area contributed by atoms with Crippen LogP contribution in [0.1, 0.15) is 12.2 Å². The number of carbonyl (C=O) groups excluding carboxylic acids is 2. The zero-order valence-electron chi connectivity index (χ0n) is 12.2. The highest BCUT2D eigenvalue weighted by molar-refractivity contribution is 6.03. The lowest BCUT2D eigenvalue weighted by molar-refractivity contribution is -0.130. The maximum atomic E-state index is 12.3. The van der Waals surface area contributed by atoms with Crippen molar-refractivity contribution in [3.05, 3.63) is 36.1 Å². The second-order valence-corrected chi connectivity index (χ2v) is 5.05. The second kappa shape index (κ2) is 5.51. The lowest BCUT2D eigenvalue weighted by atomic mass is 10.1. The van der Waals surface area contributed by atoms with E-state index in [1.807, 2.05) is 12.1 Å². The van der Waals surface area contributed by atoms with E-state index in [1.54, 1.807) is 32.2 Å². The van der Waals surface area contributed by atoms with Crippen LogP contribution in [0.3, 0.4) is 0 Å². The monoisotopic (exact) mass is 301 g/mol. The number of amides is 2. The summed E-state index contributed by atoms with van der Waals surface area (Å²) in [4.78, 5) is 25.8. The van der Waals surface area contributed by atoms with Gasteiger partial charge in [0, 0.05) is 13.1 Å². The highest BCUT2D eigenvalue weighted by Gasteiger charge is 2.33. The van der Waals surface area contributed by atoms with Crippen LogP contribution in [0.4, 0.5) is 11.5 Å². The van der Waals surface area contributed by atoms with E-state index in [4.69, 9.17) is 9.26 Å². The maximum absolute atomic E-state index is 12.3. The van der Waals surface area contributed by atoms with E-state index in [2.05, 4.69) is 10.5 Å². The molecule has 2 heterocycles. The van der Waals surface area contributed by atoms with E-state index in [0.717, 1.165) is 0 Å². The zero-order valence-corrected chi connectivity index (χ0v) is 12.2. The Bertz CT molecular complexity index is 725. The number of para-hydroxylation sites is 2. The van der Waals surface area contributed by atoms with Gasteiger partial charge in [-0.15, -0.1) is 0 Å². The molecule has 0 saturated heterocycles. The van der Waals surface area contributed by atoms with Crippen LogP contribution in [0.25, 0.3) is 0 Å². The Hall–Kier alpha value is -2.83. The summed E-state index contributed by atoms with van der Waals surface area (Å²) in [5, 5.41) is 6.25. The minimum atomic E-state index is -0.854.